The predicted octanol–water partition coefficient (Wildman–Crippen LogP) is 3.05. The van der Waals surface area contributed by atoms with Crippen LogP contribution in [0.4, 0.5) is 4.79 Å². The second-order valence-electron chi connectivity index (χ2n) is 5.84. The van der Waals surface area contributed by atoms with E-state index in [-0.39, 0.29) is 6.03 Å². The number of nitrogens with one attached hydrogen (secondary N) is 1. The lowest BCUT2D eigenvalue weighted by molar-refractivity contribution is 0.209. The largest absolute Gasteiger partial charge is 0.493 e. The molecular weight excluding hydrogens is 326 g/mol. The number of ether oxygens (including phenoxy) is 1. The van der Waals surface area contributed by atoms with Gasteiger partial charge < -0.3 is 15.0 Å². The van der Waals surface area contributed by atoms with Gasteiger partial charge in [-0.05, 0) is 41.8 Å². The van der Waals surface area contributed by atoms with E-state index in [0.29, 0.717) is 24.7 Å². The quantitative estimate of drug-likeness (QED) is 0.906. The molecule has 126 valence electrons. The minimum atomic E-state index is -0.115. The molecule has 1 N–H and O–H groups in total. The number of urea groups is 1. The number of hydrogen-bond acceptors (Lipinski definition) is 3. The van der Waals surface area contributed by atoms with Crippen LogP contribution < -0.4 is 10.1 Å². The van der Waals surface area contributed by atoms with Gasteiger partial charge in [-0.2, -0.15) is 0 Å². The van der Waals surface area contributed by atoms with Crippen LogP contribution in [0.2, 0.25) is 5.02 Å². The maximum atomic E-state index is 12.3. The Kier molecular flexibility index (Phi) is 5.20. The van der Waals surface area contributed by atoms with Crippen molar-refractivity contribution in [3.8, 4) is 5.75 Å². The third-order valence-electron chi connectivity index (χ3n) is 4.09. The Labute approximate surface area is 146 Å². The maximum absolute atomic E-state index is 12.3. The van der Waals surface area contributed by atoms with E-state index in [0.717, 1.165) is 35.3 Å². The average molecular weight is 346 g/mol. The van der Waals surface area contributed by atoms with Crippen LogP contribution in [-0.2, 0) is 19.4 Å². The van der Waals surface area contributed by atoms with Gasteiger partial charge in [0.25, 0.3) is 0 Å². The molecule has 2 amide bonds. The number of carbonyl (C=O) groups is 1. The fourth-order valence-corrected chi connectivity index (χ4v) is 2.99. The Bertz CT molecular complexity index is 722. The van der Waals surface area contributed by atoms with Crippen LogP contribution >= 0.6 is 11.6 Å². The van der Waals surface area contributed by atoms with Crippen LogP contribution in [0, 0.1) is 0 Å². The van der Waals surface area contributed by atoms with Crippen molar-refractivity contribution in [2.75, 3.05) is 20.2 Å². The number of pyridine rings is 1. The summed E-state index contributed by atoms with van der Waals surface area (Å²) in [6.45, 7) is 1.71. The van der Waals surface area contributed by atoms with Gasteiger partial charge in [0.1, 0.15) is 5.75 Å². The maximum Gasteiger partial charge on any atom is 0.317 e. The topological polar surface area (TPSA) is 54.5 Å². The number of benzene rings is 1. The van der Waals surface area contributed by atoms with Gasteiger partial charge in [-0.25, -0.2) is 4.79 Å². The summed E-state index contributed by atoms with van der Waals surface area (Å²) < 4.78 is 5.65. The molecule has 0 spiro atoms. The molecule has 5 nitrogen and oxygen atoms in total. The normalized spacial score (nSPS) is 12.4. The molecule has 0 unspecified atom stereocenters. The van der Waals surface area contributed by atoms with Gasteiger partial charge in [0.15, 0.2) is 0 Å². The molecule has 1 aromatic carbocycles. The minimum Gasteiger partial charge on any atom is -0.493 e. The van der Waals surface area contributed by atoms with Crippen LogP contribution in [0.15, 0.2) is 36.7 Å². The van der Waals surface area contributed by atoms with Gasteiger partial charge in [0, 0.05) is 49.5 Å². The predicted molar refractivity (Wildman–Crippen MR) is 93.5 cm³/mol. The number of halogens is 1. The number of likely N-dealkylation sites (N-methyl/N-ethyl adjacent to an activating group) is 1. The van der Waals surface area contributed by atoms with E-state index >= 15 is 0 Å². The number of carbonyl (C=O) groups excluding carboxylic acids is 1. The molecule has 0 aliphatic carbocycles. The molecule has 1 aliphatic rings. The van der Waals surface area contributed by atoms with E-state index in [1.807, 2.05) is 24.3 Å². The third kappa shape index (κ3) is 3.97. The van der Waals surface area contributed by atoms with Crippen LogP contribution in [0.3, 0.4) is 0 Å². The highest BCUT2D eigenvalue weighted by atomic mass is 35.5. The van der Waals surface area contributed by atoms with Gasteiger partial charge in [0.05, 0.1) is 6.61 Å². The zero-order chi connectivity index (χ0) is 16.9. The standard InChI is InChI=1S/C18H20ClN3O2/c1-22(8-4-13-2-6-20-7-3-13)18(23)21-12-15-11-16(19)10-14-5-9-24-17(14)15/h2-3,6-7,10-11H,4-5,8-9,12H2,1H3,(H,21,23). The SMILES string of the molecule is CN(CCc1ccncc1)C(=O)NCc1cc(Cl)cc2c1OCC2. The van der Waals surface area contributed by atoms with Crippen LogP contribution in [0.25, 0.3) is 0 Å². The summed E-state index contributed by atoms with van der Waals surface area (Å²) >= 11 is 6.14. The zero-order valence-electron chi connectivity index (χ0n) is 13.6. The van der Waals surface area contributed by atoms with Crippen molar-refractivity contribution in [2.45, 2.75) is 19.4 Å². The average Bonchev–Trinajstić information content (AvgIpc) is 3.06. The van der Waals surface area contributed by atoms with Crippen molar-refractivity contribution >= 4 is 17.6 Å². The summed E-state index contributed by atoms with van der Waals surface area (Å²) in [6.07, 6.45) is 5.18. The van der Waals surface area contributed by atoms with E-state index in [4.69, 9.17) is 16.3 Å². The molecule has 0 atom stereocenters. The van der Waals surface area contributed by atoms with Crippen LogP contribution in [-0.4, -0.2) is 36.1 Å². The number of amides is 2. The summed E-state index contributed by atoms with van der Waals surface area (Å²) in [4.78, 5) is 17.9. The summed E-state index contributed by atoms with van der Waals surface area (Å²) in [5.41, 5.74) is 3.19. The fraction of sp³-hybridized carbons (Fsp3) is 0.333. The van der Waals surface area contributed by atoms with Crippen molar-refractivity contribution in [1.82, 2.24) is 15.2 Å². The lowest BCUT2D eigenvalue weighted by Gasteiger charge is -2.18. The molecule has 0 radical (unpaired) electrons. The van der Waals surface area contributed by atoms with Crippen molar-refractivity contribution in [3.63, 3.8) is 0 Å². The molecule has 1 aromatic heterocycles. The fourth-order valence-electron chi connectivity index (χ4n) is 2.73. The van der Waals surface area contributed by atoms with Crippen molar-refractivity contribution < 1.29 is 9.53 Å². The van der Waals surface area contributed by atoms with Gasteiger partial charge in [0.2, 0.25) is 0 Å². The first-order valence-electron chi connectivity index (χ1n) is 7.95. The Morgan fingerprint density at radius 1 is 1.38 bits per heavy atom. The minimum absolute atomic E-state index is 0.115. The molecule has 0 bridgehead atoms. The lowest BCUT2D eigenvalue weighted by atomic mass is 10.1. The summed E-state index contributed by atoms with van der Waals surface area (Å²) in [5.74, 6) is 0.860. The zero-order valence-corrected chi connectivity index (χ0v) is 14.3. The van der Waals surface area contributed by atoms with E-state index < -0.39 is 0 Å². The van der Waals surface area contributed by atoms with Gasteiger partial charge in [-0.3, -0.25) is 4.98 Å². The monoisotopic (exact) mass is 345 g/mol. The van der Waals surface area contributed by atoms with Gasteiger partial charge in [-0.15, -0.1) is 0 Å². The Morgan fingerprint density at radius 3 is 2.96 bits per heavy atom. The van der Waals surface area contributed by atoms with Crippen molar-refractivity contribution in [2.24, 2.45) is 0 Å². The number of nitrogens with zero attached hydrogens (tertiary/aromatic N) is 2. The Balaban J connectivity index is 1.54. The van der Waals surface area contributed by atoms with Crippen LogP contribution in [0.5, 0.6) is 5.75 Å². The number of fused-ring (bicyclic) bond motifs is 1. The molecule has 3 rings (SSSR count). The highest BCUT2D eigenvalue weighted by molar-refractivity contribution is 6.30. The van der Waals surface area contributed by atoms with E-state index in [1.54, 1.807) is 24.3 Å². The van der Waals surface area contributed by atoms with E-state index in [9.17, 15) is 4.79 Å². The summed E-state index contributed by atoms with van der Waals surface area (Å²) in [5, 5.41) is 3.60. The number of rotatable bonds is 5. The molecule has 0 saturated carbocycles. The lowest BCUT2D eigenvalue weighted by Crippen LogP contribution is -2.38. The van der Waals surface area contributed by atoms with Crippen molar-refractivity contribution in [3.05, 3.63) is 58.4 Å². The second-order valence-corrected chi connectivity index (χ2v) is 6.27. The third-order valence-corrected chi connectivity index (χ3v) is 4.31. The number of aromatic nitrogens is 1. The first-order chi connectivity index (χ1) is 11.6. The molecule has 6 heteroatoms. The highest BCUT2D eigenvalue weighted by Gasteiger charge is 2.18. The molecule has 24 heavy (non-hydrogen) atoms. The van der Waals surface area contributed by atoms with Crippen molar-refractivity contribution in [1.29, 1.82) is 0 Å². The molecule has 2 heterocycles. The second kappa shape index (κ2) is 7.53. The molecular formula is C18H20ClN3O2. The summed E-state index contributed by atoms with van der Waals surface area (Å²) in [6, 6.07) is 7.58. The van der Waals surface area contributed by atoms with Gasteiger partial charge in [-0.1, -0.05) is 11.6 Å². The molecule has 0 saturated heterocycles. The van der Waals surface area contributed by atoms with Crippen LogP contribution in [0.1, 0.15) is 16.7 Å². The van der Waals surface area contributed by atoms with E-state index in [2.05, 4.69) is 10.3 Å². The summed E-state index contributed by atoms with van der Waals surface area (Å²) in [7, 11) is 1.79. The van der Waals surface area contributed by atoms with Gasteiger partial charge >= 0.3 is 6.03 Å². The Morgan fingerprint density at radius 2 is 2.17 bits per heavy atom. The molecule has 2 aromatic rings. The smallest absolute Gasteiger partial charge is 0.317 e. The first-order valence-corrected chi connectivity index (χ1v) is 8.33. The van der Waals surface area contributed by atoms with E-state index in [1.165, 1.54) is 0 Å². The molecule has 0 fully saturated rings. The first kappa shape index (κ1) is 16.6. The highest BCUT2D eigenvalue weighted by Crippen LogP contribution is 2.32. The number of hydrogen-bond donors (Lipinski definition) is 1. The molecule has 1 aliphatic heterocycles. The Hall–Kier alpha value is -2.27.